The summed E-state index contributed by atoms with van der Waals surface area (Å²) < 4.78 is 0. The lowest BCUT2D eigenvalue weighted by Gasteiger charge is -2.03. The second kappa shape index (κ2) is 13.7. The lowest BCUT2D eigenvalue weighted by atomic mass is 10.0. The molecule has 0 amide bonds. The van der Waals surface area contributed by atoms with E-state index in [4.69, 9.17) is 4.84 Å². The maximum atomic E-state index is 5.08. The van der Waals surface area contributed by atoms with E-state index in [2.05, 4.69) is 59.0 Å². The van der Waals surface area contributed by atoms with Crippen LogP contribution in [0.5, 0.6) is 0 Å². The standard InChI is InChI=1S/C21H24N2O.2C2H6/c1-22-14-8-4-3-5-9-16-12-13-18-17-10-6-7-11-19(17)21(23-24-2)20(18)15-16;2*1-2/h5-7,9-13,15,22H,3-4,8,14H2,1-2H3;2*1-2H3/b9-5+,23-21-;;. The number of benzene rings is 2. The average molecular weight is 381 g/mol. The molecule has 0 fully saturated rings. The van der Waals surface area contributed by atoms with Gasteiger partial charge in [0.2, 0.25) is 0 Å². The third kappa shape index (κ3) is 6.07. The van der Waals surface area contributed by atoms with Crippen LogP contribution in [0.2, 0.25) is 0 Å². The van der Waals surface area contributed by atoms with E-state index in [0.29, 0.717) is 0 Å². The van der Waals surface area contributed by atoms with Crippen molar-refractivity contribution in [3.8, 4) is 11.1 Å². The summed E-state index contributed by atoms with van der Waals surface area (Å²) in [7, 11) is 3.60. The maximum Gasteiger partial charge on any atom is 0.118 e. The van der Waals surface area contributed by atoms with Gasteiger partial charge in [0, 0.05) is 11.1 Å². The summed E-state index contributed by atoms with van der Waals surface area (Å²) in [6, 6.07) is 14.9. The van der Waals surface area contributed by atoms with Crippen molar-refractivity contribution in [2.24, 2.45) is 5.16 Å². The molecule has 0 unspecified atom stereocenters. The molecule has 3 nitrogen and oxygen atoms in total. The number of allylic oxidation sites excluding steroid dienone is 1. The number of unbranched alkanes of at least 4 members (excludes halogenated alkanes) is 2. The Balaban J connectivity index is 0.000000921. The van der Waals surface area contributed by atoms with E-state index in [1.807, 2.05) is 40.8 Å². The van der Waals surface area contributed by atoms with Crippen molar-refractivity contribution in [3.63, 3.8) is 0 Å². The van der Waals surface area contributed by atoms with Gasteiger partial charge in [0.15, 0.2) is 0 Å². The number of hydrogen-bond donors (Lipinski definition) is 1. The minimum Gasteiger partial charge on any atom is -0.399 e. The lowest BCUT2D eigenvalue weighted by molar-refractivity contribution is 0.214. The molecule has 3 heteroatoms. The van der Waals surface area contributed by atoms with Crippen molar-refractivity contribution < 1.29 is 4.84 Å². The van der Waals surface area contributed by atoms with E-state index in [1.54, 1.807) is 7.11 Å². The van der Waals surface area contributed by atoms with Gasteiger partial charge in [-0.2, -0.15) is 0 Å². The Bertz CT molecular complexity index is 763. The van der Waals surface area contributed by atoms with Crippen LogP contribution in [-0.4, -0.2) is 26.4 Å². The number of rotatable bonds is 7. The van der Waals surface area contributed by atoms with Crippen LogP contribution in [0, 0.1) is 0 Å². The first kappa shape index (κ1) is 23.6. The number of nitrogens with one attached hydrogen (secondary N) is 1. The zero-order chi connectivity index (χ0) is 20.8. The van der Waals surface area contributed by atoms with Crippen LogP contribution in [0.15, 0.2) is 53.7 Å². The van der Waals surface area contributed by atoms with E-state index >= 15 is 0 Å². The summed E-state index contributed by atoms with van der Waals surface area (Å²) in [6.07, 6.45) is 7.99. The van der Waals surface area contributed by atoms with Gasteiger partial charge < -0.3 is 10.2 Å². The monoisotopic (exact) mass is 380 g/mol. The molecule has 0 saturated carbocycles. The summed E-state index contributed by atoms with van der Waals surface area (Å²) in [4.78, 5) is 5.08. The van der Waals surface area contributed by atoms with Gasteiger partial charge in [0.25, 0.3) is 0 Å². The molecule has 2 aromatic carbocycles. The zero-order valence-electron chi connectivity index (χ0n) is 18.4. The molecular formula is C25H36N2O. The highest BCUT2D eigenvalue weighted by molar-refractivity contribution is 6.24. The van der Waals surface area contributed by atoms with Crippen LogP contribution < -0.4 is 5.32 Å². The summed E-state index contributed by atoms with van der Waals surface area (Å²) in [6.45, 7) is 9.09. The van der Waals surface area contributed by atoms with Gasteiger partial charge >= 0.3 is 0 Å². The number of oxime groups is 1. The highest BCUT2D eigenvalue weighted by Crippen LogP contribution is 2.37. The average Bonchev–Trinajstić information content (AvgIpc) is 3.07. The molecule has 1 N–H and O–H groups in total. The second-order valence-corrected chi connectivity index (χ2v) is 5.97. The highest BCUT2D eigenvalue weighted by atomic mass is 16.6. The largest absolute Gasteiger partial charge is 0.399 e. The molecule has 152 valence electrons. The fraction of sp³-hybridized carbons (Fsp3) is 0.400. The third-order valence-electron chi connectivity index (χ3n) is 4.31. The minimum atomic E-state index is 0.923. The van der Waals surface area contributed by atoms with Crippen molar-refractivity contribution in [2.45, 2.75) is 47.0 Å². The quantitative estimate of drug-likeness (QED) is 0.374. The van der Waals surface area contributed by atoms with Gasteiger partial charge in [-0.25, -0.2) is 0 Å². The molecule has 0 bridgehead atoms. The Morgan fingerprint density at radius 2 is 1.57 bits per heavy atom. The van der Waals surface area contributed by atoms with E-state index in [-0.39, 0.29) is 0 Å². The summed E-state index contributed by atoms with van der Waals surface area (Å²) in [5.41, 5.74) is 6.88. The van der Waals surface area contributed by atoms with E-state index < -0.39 is 0 Å². The van der Waals surface area contributed by atoms with E-state index in [0.717, 1.165) is 29.8 Å². The Morgan fingerprint density at radius 1 is 0.893 bits per heavy atom. The summed E-state index contributed by atoms with van der Waals surface area (Å²) >= 11 is 0. The number of fused-ring (bicyclic) bond motifs is 3. The molecule has 0 heterocycles. The van der Waals surface area contributed by atoms with Crippen LogP contribution in [-0.2, 0) is 4.84 Å². The summed E-state index contributed by atoms with van der Waals surface area (Å²) in [5, 5.41) is 7.44. The smallest absolute Gasteiger partial charge is 0.118 e. The topological polar surface area (TPSA) is 33.6 Å². The van der Waals surface area contributed by atoms with Gasteiger partial charge in [0.1, 0.15) is 12.8 Å². The van der Waals surface area contributed by atoms with Gasteiger partial charge in [0.05, 0.1) is 0 Å². The van der Waals surface area contributed by atoms with Crippen LogP contribution >= 0.6 is 0 Å². The Morgan fingerprint density at radius 3 is 2.25 bits per heavy atom. The van der Waals surface area contributed by atoms with Crippen LogP contribution in [0.4, 0.5) is 0 Å². The lowest BCUT2D eigenvalue weighted by Crippen LogP contribution is -2.06. The van der Waals surface area contributed by atoms with E-state index in [1.165, 1.54) is 29.5 Å². The van der Waals surface area contributed by atoms with Gasteiger partial charge in [-0.15, -0.1) is 0 Å². The molecule has 3 rings (SSSR count). The SMILES string of the molecule is CC.CC.CNCCCC/C=C/c1ccc2c(c1)/C(=N\OC)c1ccccc1-2. The first-order valence-corrected chi connectivity index (χ1v) is 10.5. The Kier molecular flexibility index (Phi) is 11.6. The molecule has 0 spiro atoms. The number of nitrogens with zero attached hydrogens (tertiary/aromatic N) is 1. The zero-order valence-corrected chi connectivity index (χ0v) is 18.4. The fourth-order valence-corrected chi connectivity index (χ4v) is 3.14. The van der Waals surface area contributed by atoms with Crippen molar-refractivity contribution in [2.75, 3.05) is 20.7 Å². The molecule has 0 radical (unpaired) electrons. The van der Waals surface area contributed by atoms with Crippen molar-refractivity contribution in [3.05, 3.63) is 65.2 Å². The molecule has 0 atom stereocenters. The molecule has 28 heavy (non-hydrogen) atoms. The Labute approximate surface area is 171 Å². The predicted octanol–water partition coefficient (Wildman–Crippen LogP) is 6.52. The fourth-order valence-electron chi connectivity index (χ4n) is 3.14. The van der Waals surface area contributed by atoms with Gasteiger partial charge in [-0.3, -0.25) is 0 Å². The highest BCUT2D eigenvalue weighted by Gasteiger charge is 2.25. The van der Waals surface area contributed by atoms with Crippen LogP contribution in [0.25, 0.3) is 17.2 Å². The normalized spacial score (nSPS) is 12.6. The van der Waals surface area contributed by atoms with E-state index in [9.17, 15) is 0 Å². The minimum absolute atomic E-state index is 0.923. The third-order valence-corrected chi connectivity index (χ3v) is 4.31. The Hall–Kier alpha value is -2.39. The maximum absolute atomic E-state index is 5.08. The van der Waals surface area contributed by atoms with Crippen molar-refractivity contribution >= 4 is 11.8 Å². The van der Waals surface area contributed by atoms with Crippen LogP contribution in [0.3, 0.4) is 0 Å². The summed E-state index contributed by atoms with van der Waals surface area (Å²) in [5.74, 6) is 0. The molecule has 0 saturated heterocycles. The first-order valence-electron chi connectivity index (χ1n) is 10.5. The molecular weight excluding hydrogens is 344 g/mol. The van der Waals surface area contributed by atoms with Crippen molar-refractivity contribution in [1.82, 2.24) is 5.32 Å². The van der Waals surface area contributed by atoms with Crippen molar-refractivity contribution in [1.29, 1.82) is 0 Å². The van der Waals surface area contributed by atoms with Gasteiger partial charge in [-0.05, 0) is 55.6 Å². The molecule has 0 aromatic heterocycles. The first-order chi connectivity index (χ1) is 13.8. The predicted molar refractivity (Wildman–Crippen MR) is 124 cm³/mol. The molecule has 2 aromatic rings. The molecule has 1 aliphatic carbocycles. The molecule has 1 aliphatic rings. The second-order valence-electron chi connectivity index (χ2n) is 5.97. The van der Waals surface area contributed by atoms with Gasteiger partial charge in [-0.1, -0.05) is 81.4 Å². The van der Waals surface area contributed by atoms with Crippen LogP contribution in [0.1, 0.15) is 63.6 Å². The molecule has 0 aliphatic heterocycles. The number of hydrogen-bond acceptors (Lipinski definition) is 3.